The van der Waals surface area contributed by atoms with Crippen LogP contribution in [-0.2, 0) is 11.2 Å². The standard InChI is InChI=1S/C17H14N2O4S/c1-2-10-7-8-14(24-10)13(20)9-23-17(22)15-11-5-3-4-6-12(11)16(21)19-18-15/h3-8H,2,9H2,1H3,(H,19,21). The number of ketones is 1. The van der Waals surface area contributed by atoms with Crippen molar-refractivity contribution in [2.24, 2.45) is 0 Å². The molecule has 0 radical (unpaired) electrons. The van der Waals surface area contributed by atoms with Gasteiger partial charge in [-0.2, -0.15) is 5.10 Å². The lowest BCUT2D eigenvalue weighted by Crippen LogP contribution is -2.18. The largest absolute Gasteiger partial charge is 0.452 e. The summed E-state index contributed by atoms with van der Waals surface area (Å²) >= 11 is 1.39. The summed E-state index contributed by atoms with van der Waals surface area (Å²) in [5.41, 5.74) is -0.401. The monoisotopic (exact) mass is 342 g/mol. The van der Waals surface area contributed by atoms with Crippen molar-refractivity contribution < 1.29 is 14.3 Å². The van der Waals surface area contributed by atoms with Gasteiger partial charge in [-0.15, -0.1) is 11.3 Å². The summed E-state index contributed by atoms with van der Waals surface area (Å²) in [6.07, 6.45) is 0.852. The summed E-state index contributed by atoms with van der Waals surface area (Å²) in [5.74, 6) is -1.01. The van der Waals surface area contributed by atoms with Crippen LogP contribution in [-0.4, -0.2) is 28.6 Å². The van der Waals surface area contributed by atoms with Gasteiger partial charge in [-0.05, 0) is 24.6 Å². The second-order valence-corrected chi connectivity index (χ2v) is 6.23. The van der Waals surface area contributed by atoms with Crippen LogP contribution in [0.3, 0.4) is 0 Å². The number of nitrogens with one attached hydrogen (secondary N) is 1. The van der Waals surface area contributed by atoms with Gasteiger partial charge in [0.2, 0.25) is 5.78 Å². The second kappa shape index (κ2) is 6.76. The van der Waals surface area contributed by atoms with Crippen molar-refractivity contribution in [2.45, 2.75) is 13.3 Å². The molecule has 2 aromatic heterocycles. The fraction of sp³-hybridized carbons (Fsp3) is 0.176. The number of hydrogen-bond donors (Lipinski definition) is 1. The lowest BCUT2D eigenvalue weighted by atomic mass is 10.1. The number of esters is 1. The van der Waals surface area contributed by atoms with Gasteiger partial charge in [0.05, 0.1) is 10.3 Å². The smallest absolute Gasteiger partial charge is 0.359 e. The first-order chi connectivity index (χ1) is 11.6. The number of H-pyrrole nitrogens is 1. The van der Waals surface area contributed by atoms with E-state index in [1.165, 1.54) is 11.3 Å². The quantitative estimate of drug-likeness (QED) is 0.569. The SMILES string of the molecule is CCc1ccc(C(=O)COC(=O)c2n[nH]c(=O)c3ccccc23)s1. The first-order valence-corrected chi connectivity index (χ1v) is 8.18. The summed E-state index contributed by atoms with van der Waals surface area (Å²) < 4.78 is 5.07. The predicted octanol–water partition coefficient (Wildman–Crippen LogP) is 2.59. The molecule has 0 aliphatic rings. The molecule has 0 saturated carbocycles. The van der Waals surface area contributed by atoms with Crippen LogP contribution in [0.5, 0.6) is 0 Å². The van der Waals surface area contributed by atoms with Crippen LogP contribution >= 0.6 is 11.3 Å². The van der Waals surface area contributed by atoms with Crippen LogP contribution in [0.25, 0.3) is 10.8 Å². The zero-order valence-electron chi connectivity index (χ0n) is 12.9. The summed E-state index contributed by atoms with van der Waals surface area (Å²) in [5, 5.41) is 6.75. The number of nitrogens with zero attached hydrogens (tertiary/aromatic N) is 1. The van der Waals surface area contributed by atoms with Gasteiger partial charge in [0.1, 0.15) is 0 Å². The van der Waals surface area contributed by atoms with Gasteiger partial charge in [0.25, 0.3) is 5.56 Å². The van der Waals surface area contributed by atoms with Gasteiger partial charge >= 0.3 is 5.97 Å². The van der Waals surface area contributed by atoms with Crippen LogP contribution in [0.1, 0.15) is 32.0 Å². The zero-order chi connectivity index (χ0) is 17.1. The molecule has 0 saturated heterocycles. The van der Waals surface area contributed by atoms with E-state index in [0.29, 0.717) is 15.6 Å². The van der Waals surface area contributed by atoms with Gasteiger partial charge < -0.3 is 4.74 Å². The third-order valence-corrected chi connectivity index (χ3v) is 4.78. The first kappa shape index (κ1) is 16.1. The van der Waals surface area contributed by atoms with E-state index >= 15 is 0 Å². The Kier molecular flexibility index (Phi) is 4.52. The first-order valence-electron chi connectivity index (χ1n) is 7.36. The van der Waals surface area contributed by atoms with Crippen molar-refractivity contribution in [3.8, 4) is 0 Å². The van der Waals surface area contributed by atoms with Gasteiger partial charge in [0, 0.05) is 10.3 Å². The van der Waals surface area contributed by atoms with Crippen molar-refractivity contribution in [1.29, 1.82) is 0 Å². The van der Waals surface area contributed by atoms with Gasteiger partial charge in [-0.25, -0.2) is 9.89 Å². The van der Waals surface area contributed by atoms with E-state index in [1.54, 1.807) is 30.3 Å². The number of aromatic nitrogens is 2. The predicted molar refractivity (Wildman–Crippen MR) is 90.7 cm³/mol. The maximum atomic E-state index is 12.2. The lowest BCUT2D eigenvalue weighted by molar-refractivity contribution is 0.0471. The molecular weight excluding hydrogens is 328 g/mol. The van der Waals surface area contributed by atoms with E-state index in [4.69, 9.17) is 4.74 Å². The van der Waals surface area contributed by atoms with Crippen molar-refractivity contribution in [2.75, 3.05) is 6.61 Å². The molecule has 6 nitrogen and oxygen atoms in total. The Bertz CT molecular complexity index is 974. The summed E-state index contributed by atoms with van der Waals surface area (Å²) in [6, 6.07) is 10.2. The zero-order valence-corrected chi connectivity index (χ0v) is 13.7. The van der Waals surface area contributed by atoms with Crippen molar-refractivity contribution in [1.82, 2.24) is 10.2 Å². The summed E-state index contributed by atoms with van der Waals surface area (Å²) in [4.78, 5) is 37.7. The average Bonchev–Trinajstić information content (AvgIpc) is 3.09. The Morgan fingerprint density at radius 1 is 1.17 bits per heavy atom. The Hall–Kier alpha value is -2.80. The van der Waals surface area contributed by atoms with Crippen molar-refractivity contribution in [3.63, 3.8) is 0 Å². The fourth-order valence-corrected chi connectivity index (χ4v) is 3.13. The minimum atomic E-state index is -0.747. The molecule has 122 valence electrons. The number of Topliss-reactive ketones (excluding diaryl/α,β-unsaturated/α-hetero) is 1. The Balaban J connectivity index is 1.77. The minimum absolute atomic E-state index is 0.0153. The van der Waals surface area contributed by atoms with Crippen LogP contribution in [0.4, 0.5) is 0 Å². The number of carbonyl (C=O) groups excluding carboxylic acids is 2. The molecule has 2 heterocycles. The number of rotatable bonds is 5. The Morgan fingerprint density at radius 2 is 1.92 bits per heavy atom. The maximum absolute atomic E-state index is 12.2. The van der Waals surface area contributed by atoms with E-state index in [0.717, 1.165) is 11.3 Å². The fourth-order valence-electron chi connectivity index (χ4n) is 2.26. The molecule has 7 heteroatoms. The summed E-state index contributed by atoms with van der Waals surface area (Å²) in [7, 11) is 0. The molecule has 3 rings (SSSR count). The van der Waals surface area contributed by atoms with Crippen LogP contribution in [0, 0.1) is 0 Å². The number of fused-ring (bicyclic) bond motifs is 1. The van der Waals surface area contributed by atoms with E-state index in [1.807, 2.05) is 13.0 Å². The Labute approximate surface area is 141 Å². The highest BCUT2D eigenvalue weighted by atomic mass is 32.1. The number of hydrogen-bond acceptors (Lipinski definition) is 6. The molecular formula is C17H14N2O4S. The number of aromatic amines is 1. The van der Waals surface area contributed by atoms with Gasteiger partial charge in [0.15, 0.2) is 12.3 Å². The molecule has 0 unspecified atom stereocenters. The molecule has 0 amide bonds. The third kappa shape index (κ3) is 3.11. The average molecular weight is 342 g/mol. The molecule has 0 spiro atoms. The van der Waals surface area contributed by atoms with Crippen molar-refractivity contribution in [3.05, 3.63) is 62.2 Å². The molecule has 1 aromatic carbocycles. The highest BCUT2D eigenvalue weighted by molar-refractivity contribution is 7.14. The number of carbonyl (C=O) groups is 2. The maximum Gasteiger partial charge on any atom is 0.359 e. The molecule has 0 bridgehead atoms. The number of benzene rings is 1. The lowest BCUT2D eigenvalue weighted by Gasteiger charge is -2.05. The van der Waals surface area contributed by atoms with Gasteiger partial charge in [-0.1, -0.05) is 25.1 Å². The molecule has 24 heavy (non-hydrogen) atoms. The molecule has 1 N–H and O–H groups in total. The second-order valence-electron chi connectivity index (χ2n) is 5.07. The van der Waals surface area contributed by atoms with Gasteiger partial charge in [-0.3, -0.25) is 9.59 Å². The molecule has 0 atom stereocenters. The van der Waals surface area contributed by atoms with E-state index < -0.39 is 5.97 Å². The molecule has 3 aromatic rings. The molecule has 0 fully saturated rings. The molecule has 0 aliphatic heterocycles. The van der Waals surface area contributed by atoms with Crippen LogP contribution in [0.15, 0.2) is 41.2 Å². The number of thiophene rings is 1. The summed E-state index contributed by atoms with van der Waals surface area (Å²) in [6.45, 7) is 1.64. The Morgan fingerprint density at radius 3 is 2.62 bits per heavy atom. The van der Waals surface area contributed by atoms with Crippen LogP contribution in [0.2, 0.25) is 0 Å². The van der Waals surface area contributed by atoms with E-state index in [2.05, 4.69) is 10.2 Å². The third-order valence-electron chi connectivity index (χ3n) is 3.51. The van der Waals surface area contributed by atoms with Crippen LogP contribution < -0.4 is 5.56 Å². The molecule has 0 aliphatic carbocycles. The normalized spacial score (nSPS) is 10.7. The van der Waals surface area contributed by atoms with E-state index in [9.17, 15) is 14.4 Å². The topological polar surface area (TPSA) is 89.1 Å². The highest BCUT2D eigenvalue weighted by Crippen LogP contribution is 2.18. The number of ether oxygens (including phenoxy) is 1. The minimum Gasteiger partial charge on any atom is -0.452 e. The van der Waals surface area contributed by atoms with Crippen molar-refractivity contribution >= 4 is 33.9 Å². The van der Waals surface area contributed by atoms with E-state index in [-0.39, 0.29) is 23.6 Å². The highest BCUT2D eigenvalue weighted by Gasteiger charge is 2.18. The number of aryl methyl sites for hydroxylation is 1.